The van der Waals surface area contributed by atoms with Gasteiger partial charge in [-0.05, 0) is 110 Å². The van der Waals surface area contributed by atoms with Crippen LogP contribution in [0.15, 0.2) is 45.9 Å². The first-order chi connectivity index (χ1) is 19.2. The van der Waals surface area contributed by atoms with Crippen LogP contribution in [0.2, 0.25) is 0 Å². The van der Waals surface area contributed by atoms with Gasteiger partial charge in [0.1, 0.15) is 0 Å². The van der Waals surface area contributed by atoms with Gasteiger partial charge in [0.2, 0.25) is 0 Å². The quantitative estimate of drug-likeness (QED) is 0.246. The number of allylic oxidation sites excluding steroid dienone is 2. The molecule has 0 unspecified atom stereocenters. The van der Waals surface area contributed by atoms with Gasteiger partial charge in [-0.2, -0.15) is 13.5 Å². The minimum absolute atomic E-state index is 0.170. The van der Waals surface area contributed by atoms with E-state index in [1.54, 1.807) is 12.1 Å². The Hall–Kier alpha value is -1.62. The Labute approximate surface area is 251 Å². The Bertz CT molecular complexity index is 1280. The fourth-order valence-electron chi connectivity index (χ4n) is 10.3. The van der Waals surface area contributed by atoms with E-state index in [1.807, 2.05) is 19.1 Å². The van der Waals surface area contributed by atoms with Crippen molar-refractivity contribution in [1.29, 1.82) is 0 Å². The molecule has 3 saturated carbocycles. The molecule has 1 aromatic rings. The molecule has 41 heavy (non-hydrogen) atoms. The van der Waals surface area contributed by atoms with Crippen LogP contribution in [-0.2, 0) is 10.0 Å². The van der Waals surface area contributed by atoms with Crippen molar-refractivity contribution in [2.24, 2.45) is 56.9 Å². The van der Waals surface area contributed by atoms with Crippen LogP contribution in [-0.4, -0.2) is 14.1 Å². The summed E-state index contributed by atoms with van der Waals surface area (Å²) >= 11 is 0. The van der Waals surface area contributed by atoms with Crippen LogP contribution in [0.25, 0.3) is 0 Å². The summed E-state index contributed by atoms with van der Waals surface area (Å²) in [5, 5.41) is 4.60. The molecule has 4 aliphatic rings. The molecule has 228 valence electrons. The number of hydrogen-bond acceptors (Lipinski definition) is 3. The van der Waals surface area contributed by atoms with Crippen LogP contribution in [0.1, 0.15) is 118 Å². The van der Waals surface area contributed by atoms with Crippen molar-refractivity contribution >= 4 is 15.7 Å². The number of hydrazone groups is 1. The van der Waals surface area contributed by atoms with Crippen molar-refractivity contribution in [2.75, 3.05) is 0 Å². The second kappa shape index (κ2) is 11.1. The Kier molecular flexibility index (Phi) is 8.38. The van der Waals surface area contributed by atoms with Gasteiger partial charge in [-0.15, -0.1) is 0 Å². The SMILES string of the molecule is Cc1ccc(S(=O)(=O)N/N=C2\CC[C@@]3(C)C(=CC[C@H]4[C@@H]5CC[C@H]([C@@H](C)CCCC(C)C)[C@@]5(C)CC[C@@H]43)C2(C)C)cc1. The lowest BCUT2D eigenvalue weighted by Crippen LogP contribution is -2.54. The van der Waals surface area contributed by atoms with E-state index < -0.39 is 10.0 Å². The molecule has 0 spiro atoms. The van der Waals surface area contributed by atoms with Crippen molar-refractivity contribution in [3.8, 4) is 0 Å². The highest BCUT2D eigenvalue weighted by Gasteiger charge is 2.60. The van der Waals surface area contributed by atoms with E-state index in [2.05, 4.69) is 64.5 Å². The first kappa shape index (κ1) is 30.8. The third kappa shape index (κ3) is 5.47. The molecule has 5 rings (SSSR count). The summed E-state index contributed by atoms with van der Waals surface area (Å²) in [5.74, 6) is 4.87. The van der Waals surface area contributed by atoms with Crippen LogP contribution >= 0.6 is 0 Å². The summed E-state index contributed by atoms with van der Waals surface area (Å²) in [6, 6.07) is 6.97. The van der Waals surface area contributed by atoms with Gasteiger partial charge >= 0.3 is 0 Å². The zero-order valence-corrected chi connectivity index (χ0v) is 27.9. The number of aryl methyl sites for hydroxylation is 1. The number of benzene rings is 1. The Balaban J connectivity index is 1.34. The zero-order valence-electron chi connectivity index (χ0n) is 27.1. The van der Waals surface area contributed by atoms with Gasteiger partial charge in [0.25, 0.3) is 10.0 Å². The summed E-state index contributed by atoms with van der Waals surface area (Å²) in [7, 11) is -3.69. The standard InChI is InChI=1S/C36H56N2O2S/c1-24(2)10-9-11-26(4)29-17-18-30-28-16-19-32-34(5,6)33(21-23-36(32,8)31(28)20-22-35(29,30)7)37-38-41(39,40)27-14-12-25(3)13-15-27/h12-15,19,24,26,28-31,38H,9-11,16-18,20-23H2,1-8H3/b37-33+/t26-,28-,29+,30-,31-,35+,36+/m0/s1. The first-order valence-corrected chi connectivity index (χ1v) is 18.0. The third-order valence-electron chi connectivity index (χ3n) is 12.6. The van der Waals surface area contributed by atoms with E-state index in [1.165, 1.54) is 56.9 Å². The molecule has 1 aromatic carbocycles. The molecule has 0 amide bonds. The molecule has 7 atom stereocenters. The highest BCUT2D eigenvalue weighted by molar-refractivity contribution is 7.89. The van der Waals surface area contributed by atoms with Crippen molar-refractivity contribution in [3.05, 3.63) is 41.5 Å². The number of sulfonamides is 1. The zero-order chi connectivity index (χ0) is 29.8. The maximum atomic E-state index is 13.0. The Morgan fingerprint density at radius 3 is 2.34 bits per heavy atom. The summed E-state index contributed by atoms with van der Waals surface area (Å²) < 4.78 is 26.0. The van der Waals surface area contributed by atoms with Gasteiger partial charge < -0.3 is 0 Å². The topological polar surface area (TPSA) is 58.5 Å². The molecular weight excluding hydrogens is 524 g/mol. The van der Waals surface area contributed by atoms with Crippen molar-refractivity contribution in [2.45, 2.75) is 124 Å². The molecule has 0 aromatic heterocycles. The Morgan fingerprint density at radius 2 is 1.66 bits per heavy atom. The molecule has 4 nitrogen and oxygen atoms in total. The number of rotatable bonds is 8. The van der Waals surface area contributed by atoms with Crippen LogP contribution in [0.3, 0.4) is 0 Å². The van der Waals surface area contributed by atoms with E-state index in [-0.39, 0.29) is 15.7 Å². The number of nitrogens with one attached hydrogen (secondary N) is 1. The number of fused-ring (bicyclic) bond motifs is 5. The fourth-order valence-corrected chi connectivity index (χ4v) is 11.2. The molecule has 4 aliphatic carbocycles. The van der Waals surface area contributed by atoms with Gasteiger partial charge in [-0.1, -0.05) is 97.1 Å². The van der Waals surface area contributed by atoms with Gasteiger partial charge in [-0.25, -0.2) is 4.83 Å². The van der Waals surface area contributed by atoms with Gasteiger partial charge in [-0.3, -0.25) is 0 Å². The average Bonchev–Trinajstić information content (AvgIpc) is 3.25. The highest BCUT2D eigenvalue weighted by atomic mass is 32.2. The predicted octanol–water partition coefficient (Wildman–Crippen LogP) is 9.31. The second-order valence-electron chi connectivity index (χ2n) is 15.8. The van der Waals surface area contributed by atoms with Gasteiger partial charge in [0.15, 0.2) is 0 Å². The highest BCUT2D eigenvalue weighted by Crippen LogP contribution is 2.68. The van der Waals surface area contributed by atoms with Crippen LogP contribution in [0.5, 0.6) is 0 Å². The minimum Gasteiger partial charge on any atom is -0.200 e. The van der Waals surface area contributed by atoms with Crippen LogP contribution in [0.4, 0.5) is 0 Å². The molecule has 5 heteroatoms. The summed E-state index contributed by atoms with van der Waals surface area (Å²) in [6.07, 6.45) is 15.3. The van der Waals surface area contributed by atoms with E-state index in [4.69, 9.17) is 0 Å². The lowest BCUT2D eigenvalue weighted by Gasteiger charge is -2.60. The van der Waals surface area contributed by atoms with E-state index in [0.29, 0.717) is 5.41 Å². The second-order valence-corrected chi connectivity index (χ2v) is 17.4. The molecule has 0 heterocycles. The summed E-state index contributed by atoms with van der Waals surface area (Å²) in [6.45, 7) is 19.0. The van der Waals surface area contributed by atoms with Gasteiger partial charge in [0.05, 0.1) is 4.90 Å². The smallest absolute Gasteiger partial charge is 0.200 e. The maximum absolute atomic E-state index is 13.0. The molecule has 0 radical (unpaired) electrons. The van der Waals surface area contributed by atoms with Gasteiger partial charge in [0, 0.05) is 11.1 Å². The fraction of sp³-hybridized carbons (Fsp3) is 0.750. The molecular formula is C36H56N2O2S. The first-order valence-electron chi connectivity index (χ1n) is 16.6. The largest absolute Gasteiger partial charge is 0.276 e. The van der Waals surface area contributed by atoms with Crippen LogP contribution < -0.4 is 4.83 Å². The predicted molar refractivity (Wildman–Crippen MR) is 171 cm³/mol. The lowest BCUT2D eigenvalue weighted by atomic mass is 9.44. The average molecular weight is 581 g/mol. The monoisotopic (exact) mass is 580 g/mol. The Morgan fingerprint density at radius 1 is 0.951 bits per heavy atom. The molecule has 0 bridgehead atoms. The molecule has 0 aliphatic heterocycles. The van der Waals surface area contributed by atoms with Crippen molar-refractivity contribution in [3.63, 3.8) is 0 Å². The maximum Gasteiger partial charge on any atom is 0.276 e. The molecule has 1 N–H and O–H groups in total. The molecule has 3 fully saturated rings. The number of nitrogens with zero attached hydrogens (tertiary/aromatic N) is 1. The lowest BCUT2D eigenvalue weighted by molar-refractivity contribution is -0.0510. The van der Waals surface area contributed by atoms with Crippen molar-refractivity contribution < 1.29 is 8.42 Å². The molecule has 0 saturated heterocycles. The third-order valence-corrected chi connectivity index (χ3v) is 13.8. The van der Waals surface area contributed by atoms with Crippen LogP contribution in [0, 0.1) is 58.7 Å². The summed E-state index contributed by atoms with van der Waals surface area (Å²) in [4.78, 5) is 2.85. The minimum atomic E-state index is -3.69. The van der Waals surface area contributed by atoms with E-state index in [0.717, 1.165) is 59.6 Å². The van der Waals surface area contributed by atoms with Crippen molar-refractivity contribution in [1.82, 2.24) is 4.83 Å². The van der Waals surface area contributed by atoms with E-state index >= 15 is 0 Å². The normalized spacial score (nSPS) is 36.3. The summed E-state index contributed by atoms with van der Waals surface area (Å²) in [5.41, 5.74) is 3.92. The van der Waals surface area contributed by atoms with E-state index in [9.17, 15) is 8.42 Å². The number of hydrogen-bond donors (Lipinski definition) is 1.